The van der Waals surface area contributed by atoms with Crippen LogP contribution in [0.5, 0.6) is 23.0 Å². The van der Waals surface area contributed by atoms with Crippen LogP contribution in [0.3, 0.4) is 0 Å². The topological polar surface area (TPSA) is 91.4 Å². The number of carbonyl (C=O) groups excluding carboxylic acids is 1. The zero-order valence-corrected chi connectivity index (χ0v) is 21.5. The van der Waals surface area contributed by atoms with Crippen LogP contribution in [0.25, 0.3) is 17.3 Å². The number of methoxy groups -OCH3 is 4. The van der Waals surface area contributed by atoms with E-state index in [0.717, 1.165) is 40.1 Å². The SMILES string of the molecule is COc1ccc(-c2nc(N3CCOCC3)sc2/C=C/C(=O)Nc2cc(OC)c(OC)c(OC)c2)cc1. The minimum Gasteiger partial charge on any atom is -0.497 e. The monoisotopic (exact) mass is 511 g/mol. The maximum absolute atomic E-state index is 12.8. The third kappa shape index (κ3) is 5.72. The fourth-order valence-electron chi connectivity index (χ4n) is 3.77. The van der Waals surface area contributed by atoms with E-state index in [0.29, 0.717) is 36.1 Å². The summed E-state index contributed by atoms with van der Waals surface area (Å²) in [6, 6.07) is 11.1. The predicted octanol–water partition coefficient (Wildman–Crippen LogP) is 4.33. The lowest BCUT2D eigenvalue weighted by atomic mass is 10.1. The van der Waals surface area contributed by atoms with Crippen molar-refractivity contribution in [1.29, 1.82) is 0 Å². The van der Waals surface area contributed by atoms with E-state index in [1.54, 1.807) is 36.7 Å². The van der Waals surface area contributed by atoms with Gasteiger partial charge in [-0.3, -0.25) is 4.79 Å². The molecule has 3 aromatic rings. The van der Waals surface area contributed by atoms with Gasteiger partial charge in [-0.05, 0) is 30.3 Å². The highest BCUT2D eigenvalue weighted by Crippen LogP contribution is 2.40. The van der Waals surface area contributed by atoms with Crippen molar-refractivity contribution in [3.63, 3.8) is 0 Å². The highest BCUT2D eigenvalue weighted by molar-refractivity contribution is 7.17. The first-order chi connectivity index (χ1) is 17.6. The largest absolute Gasteiger partial charge is 0.497 e. The fraction of sp³-hybridized carbons (Fsp3) is 0.308. The number of amides is 1. The van der Waals surface area contributed by atoms with E-state index < -0.39 is 0 Å². The van der Waals surface area contributed by atoms with Crippen molar-refractivity contribution in [2.75, 3.05) is 65.0 Å². The van der Waals surface area contributed by atoms with Crippen LogP contribution < -0.4 is 29.2 Å². The number of anilines is 2. The zero-order chi connectivity index (χ0) is 25.5. The predicted molar refractivity (Wildman–Crippen MR) is 141 cm³/mol. The van der Waals surface area contributed by atoms with Gasteiger partial charge in [-0.1, -0.05) is 11.3 Å². The minimum absolute atomic E-state index is 0.300. The van der Waals surface area contributed by atoms with Gasteiger partial charge in [0.25, 0.3) is 0 Å². The second kappa shape index (κ2) is 11.8. The van der Waals surface area contributed by atoms with Gasteiger partial charge in [-0.25, -0.2) is 4.98 Å². The number of hydrogen-bond acceptors (Lipinski definition) is 9. The number of hydrogen-bond donors (Lipinski definition) is 1. The smallest absolute Gasteiger partial charge is 0.248 e. The van der Waals surface area contributed by atoms with E-state index >= 15 is 0 Å². The number of benzene rings is 2. The Morgan fingerprint density at radius 1 is 1.00 bits per heavy atom. The Morgan fingerprint density at radius 2 is 1.67 bits per heavy atom. The molecule has 0 unspecified atom stereocenters. The van der Waals surface area contributed by atoms with Crippen LogP contribution in [0.2, 0.25) is 0 Å². The molecule has 0 bridgehead atoms. The number of nitrogens with zero attached hydrogens (tertiary/aromatic N) is 2. The number of morpholine rings is 1. The molecule has 1 N–H and O–H groups in total. The Hall–Kier alpha value is -3.76. The van der Waals surface area contributed by atoms with Gasteiger partial charge in [-0.15, -0.1) is 0 Å². The lowest BCUT2D eigenvalue weighted by Crippen LogP contribution is -2.36. The summed E-state index contributed by atoms with van der Waals surface area (Å²) >= 11 is 1.54. The van der Waals surface area contributed by atoms with Crippen LogP contribution in [0.15, 0.2) is 42.5 Å². The summed E-state index contributed by atoms with van der Waals surface area (Å²) < 4.78 is 26.8. The molecule has 10 heteroatoms. The number of thiazole rings is 1. The van der Waals surface area contributed by atoms with Crippen LogP contribution in [-0.2, 0) is 9.53 Å². The second-order valence-electron chi connectivity index (χ2n) is 7.77. The van der Waals surface area contributed by atoms with Crippen LogP contribution >= 0.6 is 11.3 Å². The van der Waals surface area contributed by atoms with Gasteiger partial charge in [0, 0.05) is 42.5 Å². The highest BCUT2D eigenvalue weighted by Gasteiger charge is 2.19. The third-order valence-electron chi connectivity index (χ3n) is 5.61. The molecule has 36 heavy (non-hydrogen) atoms. The fourth-order valence-corrected chi connectivity index (χ4v) is 4.81. The van der Waals surface area contributed by atoms with Gasteiger partial charge < -0.3 is 33.9 Å². The molecule has 4 rings (SSSR count). The van der Waals surface area contributed by atoms with Crippen LogP contribution in [0.1, 0.15) is 4.88 Å². The van der Waals surface area contributed by atoms with Crippen LogP contribution in [0, 0.1) is 0 Å². The van der Waals surface area contributed by atoms with Crippen molar-refractivity contribution >= 4 is 34.1 Å². The molecule has 1 aliphatic heterocycles. The summed E-state index contributed by atoms with van der Waals surface area (Å²) in [6.45, 7) is 2.89. The molecule has 0 spiro atoms. The van der Waals surface area contributed by atoms with Crippen molar-refractivity contribution in [1.82, 2.24) is 4.98 Å². The molecule has 2 heterocycles. The number of aromatic nitrogens is 1. The molecule has 1 saturated heterocycles. The zero-order valence-electron chi connectivity index (χ0n) is 20.7. The summed E-state index contributed by atoms with van der Waals surface area (Å²) in [6.07, 6.45) is 3.28. The lowest BCUT2D eigenvalue weighted by Gasteiger charge is -2.26. The molecule has 0 saturated carbocycles. The van der Waals surface area contributed by atoms with Gasteiger partial charge in [0.2, 0.25) is 11.7 Å². The molecule has 0 atom stereocenters. The maximum Gasteiger partial charge on any atom is 0.248 e. The molecule has 1 aromatic heterocycles. The first-order valence-electron chi connectivity index (χ1n) is 11.3. The van der Waals surface area contributed by atoms with Gasteiger partial charge in [0.1, 0.15) is 5.75 Å². The Labute approximate surface area is 214 Å². The van der Waals surface area contributed by atoms with Crippen LogP contribution in [0.4, 0.5) is 10.8 Å². The molecule has 9 nitrogen and oxygen atoms in total. The van der Waals surface area contributed by atoms with E-state index in [-0.39, 0.29) is 5.91 Å². The quantitative estimate of drug-likeness (QED) is 0.425. The standard InChI is InChI=1S/C26H29N3O6S/c1-31-19-7-5-17(6-8-19)24-22(36-26(28-24)29-11-13-35-14-12-29)9-10-23(30)27-18-15-20(32-2)25(34-4)21(16-18)33-3/h5-10,15-16H,11-14H2,1-4H3,(H,27,30)/b10-9+. The summed E-state index contributed by atoms with van der Waals surface area (Å²) in [4.78, 5) is 20.8. The summed E-state index contributed by atoms with van der Waals surface area (Å²) in [7, 11) is 6.22. The Bertz CT molecular complexity index is 1190. The van der Waals surface area contributed by atoms with Crippen LogP contribution in [-0.4, -0.2) is 65.6 Å². The van der Waals surface area contributed by atoms with Gasteiger partial charge in [0.05, 0.1) is 52.2 Å². The van der Waals surface area contributed by atoms with Gasteiger partial charge in [-0.2, -0.15) is 0 Å². The average Bonchev–Trinajstić information content (AvgIpc) is 3.36. The number of rotatable bonds is 9. The molecule has 1 fully saturated rings. The summed E-state index contributed by atoms with van der Waals surface area (Å²) in [5.41, 5.74) is 2.27. The van der Waals surface area contributed by atoms with Gasteiger partial charge >= 0.3 is 0 Å². The number of carbonyl (C=O) groups is 1. The summed E-state index contributed by atoms with van der Waals surface area (Å²) in [5, 5.41) is 3.75. The summed E-state index contributed by atoms with van der Waals surface area (Å²) in [5.74, 6) is 1.83. The first kappa shape index (κ1) is 25.3. The highest BCUT2D eigenvalue weighted by atomic mass is 32.1. The first-order valence-corrected chi connectivity index (χ1v) is 12.1. The van der Waals surface area contributed by atoms with E-state index in [1.807, 2.05) is 24.3 Å². The lowest BCUT2D eigenvalue weighted by molar-refractivity contribution is -0.111. The normalized spacial score (nSPS) is 13.5. The number of nitrogens with one attached hydrogen (secondary N) is 1. The minimum atomic E-state index is -0.300. The van der Waals surface area contributed by atoms with E-state index in [1.165, 1.54) is 27.4 Å². The van der Waals surface area contributed by atoms with Crippen molar-refractivity contribution in [2.45, 2.75) is 0 Å². The molecule has 0 aliphatic carbocycles. The molecule has 1 amide bonds. The molecule has 2 aromatic carbocycles. The molecule has 1 aliphatic rings. The maximum atomic E-state index is 12.8. The Kier molecular flexibility index (Phi) is 8.29. The second-order valence-corrected chi connectivity index (χ2v) is 8.78. The van der Waals surface area contributed by atoms with E-state index in [4.69, 9.17) is 28.7 Å². The van der Waals surface area contributed by atoms with Crippen molar-refractivity contribution in [3.8, 4) is 34.3 Å². The molecular weight excluding hydrogens is 482 g/mol. The van der Waals surface area contributed by atoms with Crippen molar-refractivity contribution in [2.24, 2.45) is 0 Å². The number of ether oxygens (including phenoxy) is 5. The Morgan fingerprint density at radius 3 is 2.25 bits per heavy atom. The van der Waals surface area contributed by atoms with Crippen molar-refractivity contribution < 1.29 is 28.5 Å². The van der Waals surface area contributed by atoms with Crippen molar-refractivity contribution in [3.05, 3.63) is 47.4 Å². The average molecular weight is 512 g/mol. The molecule has 0 radical (unpaired) electrons. The van der Waals surface area contributed by atoms with E-state index in [9.17, 15) is 4.79 Å². The van der Waals surface area contributed by atoms with Gasteiger partial charge in [0.15, 0.2) is 16.6 Å². The molecule has 190 valence electrons. The Balaban J connectivity index is 1.59. The van der Waals surface area contributed by atoms with E-state index in [2.05, 4.69) is 10.2 Å². The third-order valence-corrected chi connectivity index (χ3v) is 6.69. The molecular formula is C26H29N3O6S.